The molecule has 3 nitrogen and oxygen atoms in total. The van der Waals surface area contributed by atoms with E-state index in [1.54, 1.807) is 11.9 Å². The van der Waals surface area contributed by atoms with Crippen molar-refractivity contribution >= 4 is 5.91 Å². The molecule has 1 aromatic carbocycles. The lowest BCUT2D eigenvalue weighted by molar-refractivity contribution is 0.0774. The Morgan fingerprint density at radius 1 is 1.26 bits per heavy atom. The second-order valence-electron chi connectivity index (χ2n) is 7.06. The van der Waals surface area contributed by atoms with Crippen LogP contribution in [0, 0.1) is 11.2 Å². The van der Waals surface area contributed by atoms with Gasteiger partial charge < -0.3 is 4.90 Å². The molecule has 3 rings (SSSR count). The maximum Gasteiger partial charge on any atom is 0.255 e. The smallest absolute Gasteiger partial charge is 0.255 e. The van der Waals surface area contributed by atoms with Crippen molar-refractivity contribution in [2.75, 3.05) is 13.6 Å². The summed E-state index contributed by atoms with van der Waals surface area (Å²) in [5, 5.41) is 0. The molecule has 1 aliphatic carbocycles. The third-order valence-corrected chi connectivity index (χ3v) is 5.05. The van der Waals surface area contributed by atoms with E-state index in [1.165, 1.54) is 17.8 Å². The minimum atomic E-state index is -0.492. The number of aromatic nitrogens is 1. The molecule has 4 heteroatoms. The van der Waals surface area contributed by atoms with Crippen LogP contribution in [0.3, 0.4) is 0 Å². The van der Waals surface area contributed by atoms with Gasteiger partial charge in [0.25, 0.3) is 5.91 Å². The monoisotopic (exact) mass is 312 g/mol. The van der Waals surface area contributed by atoms with Gasteiger partial charge in [-0.25, -0.2) is 4.39 Å². The summed E-state index contributed by atoms with van der Waals surface area (Å²) in [6, 6.07) is 11.5. The van der Waals surface area contributed by atoms with E-state index in [1.807, 2.05) is 18.2 Å². The molecule has 1 atom stereocenters. The first-order valence-corrected chi connectivity index (χ1v) is 7.77. The quantitative estimate of drug-likeness (QED) is 0.863. The highest BCUT2D eigenvalue weighted by atomic mass is 19.1. The number of pyridine rings is 1. The first-order valence-electron chi connectivity index (χ1n) is 7.77. The Morgan fingerprint density at radius 2 is 1.91 bits per heavy atom. The average molecular weight is 312 g/mol. The lowest BCUT2D eigenvalue weighted by Crippen LogP contribution is -2.36. The second kappa shape index (κ2) is 5.44. The van der Waals surface area contributed by atoms with Crippen molar-refractivity contribution < 1.29 is 9.18 Å². The summed E-state index contributed by atoms with van der Waals surface area (Å²) in [5.74, 6) is -0.691. The van der Waals surface area contributed by atoms with Crippen LogP contribution >= 0.6 is 0 Å². The van der Waals surface area contributed by atoms with Gasteiger partial charge in [0, 0.05) is 25.2 Å². The van der Waals surface area contributed by atoms with Crippen molar-refractivity contribution in [1.29, 1.82) is 0 Å². The minimum Gasteiger partial charge on any atom is -0.341 e. The highest BCUT2D eigenvalue weighted by molar-refractivity contribution is 5.93. The molecule has 0 bridgehead atoms. The van der Waals surface area contributed by atoms with Crippen molar-refractivity contribution in [2.24, 2.45) is 5.41 Å². The van der Waals surface area contributed by atoms with E-state index < -0.39 is 5.82 Å². The Kier molecular flexibility index (Phi) is 3.71. The molecule has 1 fully saturated rings. The van der Waals surface area contributed by atoms with Gasteiger partial charge in [-0.05, 0) is 23.5 Å². The van der Waals surface area contributed by atoms with E-state index in [4.69, 9.17) is 0 Å². The van der Waals surface area contributed by atoms with Crippen molar-refractivity contribution in [3.8, 4) is 0 Å². The molecule has 0 N–H and O–H groups in total. The van der Waals surface area contributed by atoms with Crippen LogP contribution in [0.25, 0.3) is 0 Å². The van der Waals surface area contributed by atoms with Gasteiger partial charge in [-0.1, -0.05) is 44.2 Å². The molecule has 23 heavy (non-hydrogen) atoms. The average Bonchev–Trinajstić information content (AvgIpc) is 3.09. The van der Waals surface area contributed by atoms with Gasteiger partial charge in [0.05, 0.1) is 11.8 Å². The summed E-state index contributed by atoms with van der Waals surface area (Å²) >= 11 is 0. The Bertz CT molecular complexity index is 729. The van der Waals surface area contributed by atoms with E-state index in [0.29, 0.717) is 6.54 Å². The number of amides is 1. The zero-order valence-corrected chi connectivity index (χ0v) is 13.7. The van der Waals surface area contributed by atoms with Gasteiger partial charge in [0.1, 0.15) is 5.82 Å². The van der Waals surface area contributed by atoms with E-state index >= 15 is 0 Å². The van der Waals surface area contributed by atoms with Gasteiger partial charge in [0.2, 0.25) is 0 Å². The maximum absolute atomic E-state index is 13.3. The van der Waals surface area contributed by atoms with E-state index in [9.17, 15) is 9.18 Å². The van der Waals surface area contributed by atoms with Gasteiger partial charge in [0.15, 0.2) is 0 Å². The predicted molar refractivity (Wildman–Crippen MR) is 87.7 cm³/mol. The minimum absolute atomic E-state index is 0.0422. The maximum atomic E-state index is 13.3. The van der Waals surface area contributed by atoms with Crippen LogP contribution < -0.4 is 0 Å². The Hall–Kier alpha value is -2.23. The number of halogens is 1. The third kappa shape index (κ3) is 2.74. The number of hydrogen-bond acceptors (Lipinski definition) is 2. The normalized spacial score (nSPS) is 21.7. The first-order chi connectivity index (χ1) is 10.9. The van der Waals surface area contributed by atoms with Crippen LogP contribution in [0.15, 0.2) is 48.8 Å². The molecule has 1 amide bonds. The van der Waals surface area contributed by atoms with E-state index in [-0.39, 0.29) is 22.3 Å². The fourth-order valence-corrected chi connectivity index (χ4v) is 3.55. The number of hydrogen-bond donors (Lipinski definition) is 0. The number of carbonyl (C=O) groups is 1. The summed E-state index contributed by atoms with van der Waals surface area (Å²) < 4.78 is 13.3. The Labute approximate surface area is 136 Å². The van der Waals surface area contributed by atoms with Crippen LogP contribution in [0.5, 0.6) is 0 Å². The van der Waals surface area contributed by atoms with Crippen molar-refractivity contribution in [3.05, 3.63) is 65.7 Å². The fourth-order valence-electron chi connectivity index (χ4n) is 3.55. The predicted octanol–water partition coefficient (Wildman–Crippen LogP) is 3.66. The van der Waals surface area contributed by atoms with Gasteiger partial charge >= 0.3 is 0 Å². The molecule has 120 valence electrons. The summed E-state index contributed by atoms with van der Waals surface area (Å²) in [7, 11) is 1.77. The van der Waals surface area contributed by atoms with Gasteiger partial charge in [-0.15, -0.1) is 0 Å². The lowest BCUT2D eigenvalue weighted by Gasteiger charge is -2.27. The SMILES string of the molecule is CN(C[C@]1(c2ccccc2)CC1(C)C)C(=O)c1cncc(F)c1. The third-order valence-electron chi connectivity index (χ3n) is 5.05. The Morgan fingerprint density at radius 3 is 2.48 bits per heavy atom. The van der Waals surface area contributed by atoms with Crippen LogP contribution in [-0.4, -0.2) is 29.4 Å². The molecule has 1 saturated carbocycles. The van der Waals surface area contributed by atoms with E-state index in [2.05, 4.69) is 31.0 Å². The summed E-state index contributed by atoms with van der Waals surface area (Å²) in [6.07, 6.45) is 3.55. The summed E-state index contributed by atoms with van der Waals surface area (Å²) in [6.45, 7) is 5.06. The molecule has 2 aromatic rings. The summed E-state index contributed by atoms with van der Waals surface area (Å²) in [5.41, 5.74) is 1.64. The molecular formula is C19H21FN2O. The van der Waals surface area contributed by atoms with Crippen molar-refractivity contribution in [1.82, 2.24) is 9.88 Å². The molecule has 1 aromatic heterocycles. The Balaban J connectivity index is 1.84. The highest BCUT2D eigenvalue weighted by Gasteiger charge is 2.62. The summed E-state index contributed by atoms with van der Waals surface area (Å²) in [4.78, 5) is 18.0. The zero-order valence-electron chi connectivity index (χ0n) is 13.7. The van der Waals surface area contributed by atoms with Crippen LogP contribution in [-0.2, 0) is 5.41 Å². The molecule has 0 aliphatic heterocycles. The van der Waals surface area contributed by atoms with Gasteiger partial charge in [-0.3, -0.25) is 9.78 Å². The highest BCUT2D eigenvalue weighted by Crippen LogP contribution is 2.64. The zero-order chi connectivity index (χ0) is 16.7. The molecule has 0 radical (unpaired) electrons. The van der Waals surface area contributed by atoms with Crippen molar-refractivity contribution in [2.45, 2.75) is 25.7 Å². The topological polar surface area (TPSA) is 33.2 Å². The molecular weight excluding hydrogens is 291 g/mol. The van der Waals surface area contributed by atoms with Crippen molar-refractivity contribution in [3.63, 3.8) is 0 Å². The lowest BCUT2D eigenvalue weighted by atomic mass is 9.87. The fraction of sp³-hybridized carbons (Fsp3) is 0.368. The van der Waals surface area contributed by atoms with Crippen LogP contribution in [0.2, 0.25) is 0 Å². The number of rotatable bonds is 4. The molecule has 0 unspecified atom stereocenters. The molecule has 0 spiro atoms. The van der Waals surface area contributed by atoms with E-state index in [0.717, 1.165) is 12.6 Å². The largest absolute Gasteiger partial charge is 0.341 e. The number of benzene rings is 1. The standard InChI is InChI=1S/C19H21FN2O/c1-18(2)12-19(18,15-7-5-4-6-8-15)13-22(3)17(23)14-9-16(20)11-21-10-14/h4-11H,12-13H2,1-3H3/t19-/m0/s1. The van der Waals surface area contributed by atoms with Crippen LogP contribution in [0.4, 0.5) is 4.39 Å². The van der Waals surface area contributed by atoms with Crippen LogP contribution in [0.1, 0.15) is 36.2 Å². The molecule has 0 saturated heterocycles. The number of likely N-dealkylation sites (N-methyl/N-ethyl adjacent to an activating group) is 1. The number of carbonyl (C=O) groups excluding carboxylic acids is 1. The van der Waals surface area contributed by atoms with Gasteiger partial charge in [-0.2, -0.15) is 0 Å². The first kappa shape index (κ1) is 15.7. The molecule has 1 aliphatic rings. The molecule has 1 heterocycles. The number of nitrogens with zero attached hydrogens (tertiary/aromatic N) is 2. The second-order valence-corrected chi connectivity index (χ2v) is 7.06.